The zero-order valence-electron chi connectivity index (χ0n) is 10.5. The average molecular weight is 348 g/mol. The van der Waals surface area contributed by atoms with Crippen molar-refractivity contribution in [1.82, 2.24) is 0 Å². The van der Waals surface area contributed by atoms with E-state index in [0.29, 0.717) is 5.69 Å². The Kier molecular flexibility index (Phi) is 5.68. The van der Waals surface area contributed by atoms with Gasteiger partial charge in [-0.1, -0.05) is 15.9 Å². The zero-order chi connectivity index (χ0) is 14.5. The Labute approximate surface area is 120 Å². The molecule has 0 aromatic heterocycles. The van der Waals surface area contributed by atoms with Crippen LogP contribution in [0.3, 0.4) is 0 Å². The molecule has 19 heavy (non-hydrogen) atoms. The molecule has 0 bridgehead atoms. The van der Waals surface area contributed by atoms with E-state index in [1.54, 1.807) is 31.2 Å². The molecule has 1 atom stereocenters. The van der Waals surface area contributed by atoms with Gasteiger partial charge in [0, 0.05) is 16.9 Å². The quantitative estimate of drug-likeness (QED) is 0.604. The van der Waals surface area contributed by atoms with E-state index in [-0.39, 0.29) is 6.61 Å². The first-order chi connectivity index (χ1) is 8.84. The highest BCUT2D eigenvalue weighted by Gasteiger charge is 2.28. The van der Waals surface area contributed by atoms with E-state index < -0.39 is 21.1 Å². The van der Waals surface area contributed by atoms with Crippen LogP contribution in [-0.2, 0) is 19.4 Å². The number of benzene rings is 1. The summed E-state index contributed by atoms with van der Waals surface area (Å²) in [6.45, 7) is 1.74. The Morgan fingerprint density at radius 2 is 2.00 bits per heavy atom. The zero-order valence-corrected chi connectivity index (χ0v) is 12.9. The fraction of sp³-hybridized carbons (Fsp3) is 0.333. The van der Waals surface area contributed by atoms with Gasteiger partial charge in [0.1, 0.15) is 0 Å². The molecule has 1 rings (SSSR count). The minimum Gasteiger partial charge on any atom is -0.465 e. The Balaban J connectivity index is 2.95. The molecule has 0 spiro atoms. The van der Waals surface area contributed by atoms with Gasteiger partial charge in [-0.25, -0.2) is 8.42 Å². The Bertz CT molecular complexity index is 566. The molecule has 7 heteroatoms. The van der Waals surface area contributed by atoms with E-state index in [1.807, 2.05) is 0 Å². The van der Waals surface area contributed by atoms with Crippen LogP contribution >= 0.6 is 15.9 Å². The molecule has 104 valence electrons. The molecule has 1 aromatic rings. The summed E-state index contributed by atoms with van der Waals surface area (Å²) >= 11 is 3.28. The third-order valence-corrected chi connectivity index (χ3v) is 3.93. The van der Waals surface area contributed by atoms with Gasteiger partial charge in [-0.05, 0) is 31.2 Å². The molecule has 0 aliphatic carbocycles. The number of rotatable bonds is 5. The number of hydrogen-bond acceptors (Lipinski definition) is 5. The summed E-state index contributed by atoms with van der Waals surface area (Å²) in [6.07, 6.45) is 2.07. The lowest BCUT2D eigenvalue weighted by Gasteiger charge is -2.08. The van der Waals surface area contributed by atoms with Gasteiger partial charge in [-0.2, -0.15) is 0 Å². The molecule has 0 saturated heterocycles. The molecule has 0 amide bonds. The van der Waals surface area contributed by atoms with Gasteiger partial charge in [0.05, 0.1) is 12.3 Å². The second kappa shape index (κ2) is 6.81. The molecule has 0 fully saturated rings. The van der Waals surface area contributed by atoms with Crippen LogP contribution in [0, 0.1) is 0 Å². The predicted octanol–water partition coefficient (Wildman–Crippen LogP) is 2.13. The second-order valence-electron chi connectivity index (χ2n) is 3.76. The SMILES string of the molecule is CCOC(=O)C(C=Nc1ccc(Br)cc1)S(C)(=O)=O. The van der Waals surface area contributed by atoms with Crippen LogP contribution in [0.15, 0.2) is 33.7 Å². The van der Waals surface area contributed by atoms with Crippen molar-refractivity contribution in [2.24, 2.45) is 4.99 Å². The number of hydrogen-bond donors (Lipinski definition) is 0. The van der Waals surface area contributed by atoms with Gasteiger partial charge >= 0.3 is 5.97 Å². The minimum absolute atomic E-state index is 0.122. The van der Waals surface area contributed by atoms with Crippen LogP contribution in [0.4, 0.5) is 5.69 Å². The van der Waals surface area contributed by atoms with Gasteiger partial charge in [-0.15, -0.1) is 0 Å². The van der Waals surface area contributed by atoms with Crippen molar-refractivity contribution < 1.29 is 17.9 Å². The molecular weight excluding hydrogens is 334 g/mol. The molecule has 1 unspecified atom stereocenters. The topological polar surface area (TPSA) is 72.8 Å². The van der Waals surface area contributed by atoms with E-state index in [0.717, 1.165) is 16.9 Å². The second-order valence-corrected chi connectivity index (χ2v) is 6.84. The smallest absolute Gasteiger partial charge is 0.329 e. The number of aliphatic imine (C=N–C) groups is 1. The fourth-order valence-corrected chi connectivity index (χ4v) is 2.22. The Morgan fingerprint density at radius 3 is 2.47 bits per heavy atom. The number of carbonyl (C=O) groups is 1. The lowest BCUT2D eigenvalue weighted by molar-refractivity contribution is -0.141. The first kappa shape index (κ1) is 15.8. The normalized spacial score (nSPS) is 13.4. The highest BCUT2D eigenvalue weighted by molar-refractivity contribution is 9.10. The number of halogens is 1. The summed E-state index contributed by atoms with van der Waals surface area (Å²) in [5, 5.41) is -1.38. The number of carbonyl (C=O) groups excluding carboxylic acids is 1. The molecular formula is C12H14BrNO4S. The first-order valence-electron chi connectivity index (χ1n) is 5.50. The number of esters is 1. The average Bonchev–Trinajstić information content (AvgIpc) is 2.30. The third-order valence-electron chi connectivity index (χ3n) is 2.17. The molecule has 0 aliphatic rings. The summed E-state index contributed by atoms with van der Waals surface area (Å²) in [6, 6.07) is 6.94. The number of nitrogens with zero attached hydrogens (tertiary/aromatic N) is 1. The van der Waals surface area contributed by atoms with E-state index in [4.69, 9.17) is 4.74 Å². The van der Waals surface area contributed by atoms with Crippen LogP contribution in [0.2, 0.25) is 0 Å². The molecule has 0 saturated carbocycles. The number of ether oxygens (including phenoxy) is 1. The molecule has 0 heterocycles. The van der Waals surface area contributed by atoms with Gasteiger partial charge in [0.2, 0.25) is 0 Å². The van der Waals surface area contributed by atoms with E-state index in [2.05, 4.69) is 20.9 Å². The van der Waals surface area contributed by atoms with Gasteiger partial charge in [-0.3, -0.25) is 9.79 Å². The maximum atomic E-state index is 11.6. The predicted molar refractivity (Wildman–Crippen MR) is 77.6 cm³/mol. The van der Waals surface area contributed by atoms with E-state index in [1.165, 1.54) is 0 Å². The summed E-state index contributed by atoms with van der Waals surface area (Å²) in [5.41, 5.74) is 0.557. The van der Waals surface area contributed by atoms with Crippen molar-refractivity contribution in [1.29, 1.82) is 0 Å². The van der Waals surface area contributed by atoms with Crippen molar-refractivity contribution in [3.8, 4) is 0 Å². The molecule has 0 radical (unpaired) electrons. The maximum absolute atomic E-state index is 11.6. The van der Waals surface area contributed by atoms with Gasteiger partial charge < -0.3 is 4.74 Å². The highest BCUT2D eigenvalue weighted by Crippen LogP contribution is 2.16. The van der Waals surface area contributed by atoms with Crippen molar-refractivity contribution in [3.63, 3.8) is 0 Å². The standard InChI is InChI=1S/C12H14BrNO4S/c1-3-18-12(15)11(19(2,16)17)8-14-10-6-4-9(13)5-7-10/h4-8,11H,3H2,1-2H3. The largest absolute Gasteiger partial charge is 0.465 e. The monoisotopic (exact) mass is 347 g/mol. The van der Waals surface area contributed by atoms with E-state index in [9.17, 15) is 13.2 Å². The summed E-state index contributed by atoms with van der Waals surface area (Å²) in [7, 11) is -3.60. The lowest BCUT2D eigenvalue weighted by Crippen LogP contribution is -2.32. The van der Waals surface area contributed by atoms with Crippen LogP contribution in [0.25, 0.3) is 0 Å². The minimum atomic E-state index is -3.60. The number of sulfone groups is 1. The van der Waals surface area contributed by atoms with Crippen LogP contribution in [0.1, 0.15) is 6.92 Å². The van der Waals surface area contributed by atoms with Crippen LogP contribution in [0.5, 0.6) is 0 Å². The van der Waals surface area contributed by atoms with Crippen molar-refractivity contribution in [2.45, 2.75) is 12.2 Å². The summed E-state index contributed by atoms with van der Waals surface area (Å²) < 4.78 is 28.7. The molecule has 0 N–H and O–H groups in total. The molecule has 0 aliphatic heterocycles. The van der Waals surface area contributed by atoms with E-state index >= 15 is 0 Å². The maximum Gasteiger partial charge on any atom is 0.329 e. The Morgan fingerprint density at radius 1 is 1.42 bits per heavy atom. The van der Waals surface area contributed by atoms with Crippen molar-refractivity contribution >= 4 is 43.6 Å². The highest BCUT2D eigenvalue weighted by atomic mass is 79.9. The third kappa shape index (κ3) is 5.12. The van der Waals surface area contributed by atoms with Crippen molar-refractivity contribution in [2.75, 3.05) is 12.9 Å². The summed E-state index contributed by atoms with van der Waals surface area (Å²) in [4.78, 5) is 15.6. The Hall–Kier alpha value is -1.21. The lowest BCUT2D eigenvalue weighted by atomic mass is 10.3. The van der Waals surface area contributed by atoms with Crippen LogP contribution in [-0.4, -0.2) is 38.7 Å². The van der Waals surface area contributed by atoms with Gasteiger partial charge in [0.25, 0.3) is 0 Å². The first-order valence-corrected chi connectivity index (χ1v) is 8.24. The van der Waals surface area contributed by atoms with Crippen LogP contribution < -0.4 is 0 Å². The summed E-state index contributed by atoms with van der Waals surface area (Å²) in [5.74, 6) is -0.814. The van der Waals surface area contributed by atoms with Gasteiger partial charge in [0.15, 0.2) is 15.1 Å². The fourth-order valence-electron chi connectivity index (χ4n) is 1.25. The molecule has 5 nitrogen and oxygen atoms in total. The molecule has 1 aromatic carbocycles. The van der Waals surface area contributed by atoms with Crippen molar-refractivity contribution in [3.05, 3.63) is 28.7 Å².